The highest BCUT2D eigenvalue weighted by atomic mass is 32.2. The zero-order valence-electron chi connectivity index (χ0n) is 7.81. The Hall–Kier alpha value is -0.540. The molecule has 2 nitrogen and oxygen atoms in total. The van der Waals surface area contributed by atoms with Gasteiger partial charge in [0.2, 0.25) is 0 Å². The van der Waals surface area contributed by atoms with Gasteiger partial charge in [-0.25, -0.2) is 0 Å². The summed E-state index contributed by atoms with van der Waals surface area (Å²) < 4.78 is 0. The van der Waals surface area contributed by atoms with E-state index in [4.69, 9.17) is 5.11 Å². The molecular formula is C10H15NOS. The molecule has 0 spiro atoms. The number of aliphatic hydroxyl groups excluding tert-OH is 1. The number of hydrogen-bond donors (Lipinski definition) is 1. The molecule has 1 atom stereocenters. The maximum Gasteiger partial charge on any atom is 0.0441 e. The summed E-state index contributed by atoms with van der Waals surface area (Å²) in [4.78, 5) is 4.05. The fourth-order valence-electron chi connectivity index (χ4n) is 0.987. The van der Waals surface area contributed by atoms with Gasteiger partial charge in [0.15, 0.2) is 0 Å². The van der Waals surface area contributed by atoms with Gasteiger partial charge in [0.05, 0.1) is 0 Å². The molecule has 0 saturated carbocycles. The van der Waals surface area contributed by atoms with Crippen LogP contribution in [0, 0.1) is 0 Å². The Morgan fingerprint density at radius 3 is 3.08 bits per heavy atom. The van der Waals surface area contributed by atoms with Gasteiger partial charge in [-0.05, 0) is 18.1 Å². The SMILES string of the molecule is CC(CCO)SCc1cccnc1. The smallest absolute Gasteiger partial charge is 0.0441 e. The van der Waals surface area contributed by atoms with E-state index in [1.54, 1.807) is 6.20 Å². The van der Waals surface area contributed by atoms with Crippen LogP contribution in [-0.2, 0) is 5.75 Å². The summed E-state index contributed by atoms with van der Waals surface area (Å²) in [7, 11) is 0. The van der Waals surface area contributed by atoms with Crippen molar-refractivity contribution in [3.05, 3.63) is 30.1 Å². The number of pyridine rings is 1. The molecule has 3 heteroatoms. The molecule has 0 bridgehead atoms. The van der Waals surface area contributed by atoms with Crippen molar-refractivity contribution in [1.29, 1.82) is 0 Å². The van der Waals surface area contributed by atoms with Crippen molar-refractivity contribution in [2.24, 2.45) is 0 Å². The lowest BCUT2D eigenvalue weighted by molar-refractivity contribution is 0.289. The average Bonchev–Trinajstić information content (AvgIpc) is 2.17. The minimum absolute atomic E-state index is 0.279. The Bertz CT molecular complexity index is 228. The molecule has 0 amide bonds. The quantitative estimate of drug-likeness (QED) is 0.784. The second kappa shape index (κ2) is 6.00. The van der Waals surface area contributed by atoms with Crippen molar-refractivity contribution in [2.75, 3.05) is 6.61 Å². The summed E-state index contributed by atoms with van der Waals surface area (Å²) in [6, 6.07) is 4.03. The first-order valence-corrected chi connectivity index (χ1v) is 5.49. The number of rotatable bonds is 5. The van der Waals surface area contributed by atoms with Crippen LogP contribution in [0.2, 0.25) is 0 Å². The molecule has 72 valence electrons. The molecule has 13 heavy (non-hydrogen) atoms. The molecule has 0 fully saturated rings. The zero-order chi connectivity index (χ0) is 9.52. The topological polar surface area (TPSA) is 33.1 Å². The van der Waals surface area contributed by atoms with Crippen LogP contribution in [0.4, 0.5) is 0 Å². The van der Waals surface area contributed by atoms with Crippen molar-refractivity contribution in [3.8, 4) is 0 Å². The fourth-order valence-corrected chi connectivity index (χ4v) is 1.91. The van der Waals surface area contributed by atoms with E-state index in [-0.39, 0.29) is 6.61 Å². The summed E-state index contributed by atoms with van der Waals surface area (Å²) in [5.41, 5.74) is 1.25. The van der Waals surface area contributed by atoms with Crippen LogP contribution in [0.15, 0.2) is 24.5 Å². The molecule has 0 radical (unpaired) electrons. The number of aromatic nitrogens is 1. The van der Waals surface area contributed by atoms with Gasteiger partial charge < -0.3 is 5.11 Å². The summed E-state index contributed by atoms with van der Waals surface area (Å²) in [5.74, 6) is 0.981. The number of aliphatic hydroxyl groups is 1. The summed E-state index contributed by atoms with van der Waals surface area (Å²) >= 11 is 1.85. The summed E-state index contributed by atoms with van der Waals surface area (Å²) in [6.45, 7) is 2.42. The highest BCUT2D eigenvalue weighted by Crippen LogP contribution is 2.18. The van der Waals surface area contributed by atoms with E-state index >= 15 is 0 Å². The Balaban J connectivity index is 2.27. The molecule has 1 heterocycles. The van der Waals surface area contributed by atoms with Crippen molar-refractivity contribution in [1.82, 2.24) is 4.98 Å². The van der Waals surface area contributed by atoms with Crippen molar-refractivity contribution < 1.29 is 5.11 Å². The van der Waals surface area contributed by atoms with Gasteiger partial charge in [-0.3, -0.25) is 4.98 Å². The van der Waals surface area contributed by atoms with Gasteiger partial charge in [0.25, 0.3) is 0 Å². The lowest BCUT2D eigenvalue weighted by atomic mass is 10.3. The van der Waals surface area contributed by atoms with E-state index < -0.39 is 0 Å². The van der Waals surface area contributed by atoms with Gasteiger partial charge >= 0.3 is 0 Å². The van der Waals surface area contributed by atoms with Crippen LogP contribution in [0.1, 0.15) is 18.9 Å². The van der Waals surface area contributed by atoms with E-state index in [2.05, 4.69) is 18.0 Å². The van der Waals surface area contributed by atoms with E-state index in [9.17, 15) is 0 Å². The second-order valence-electron chi connectivity index (χ2n) is 3.00. The first kappa shape index (κ1) is 10.5. The Kier molecular flexibility index (Phi) is 4.86. The third-order valence-electron chi connectivity index (χ3n) is 1.79. The predicted octanol–water partition coefficient (Wildman–Crippen LogP) is 2.09. The van der Waals surface area contributed by atoms with Gasteiger partial charge in [-0.2, -0.15) is 11.8 Å². The molecule has 1 N–H and O–H groups in total. The first-order chi connectivity index (χ1) is 6.33. The van der Waals surface area contributed by atoms with Gasteiger partial charge in [0, 0.05) is 30.0 Å². The van der Waals surface area contributed by atoms with Crippen LogP contribution < -0.4 is 0 Å². The fraction of sp³-hybridized carbons (Fsp3) is 0.500. The molecule has 0 aliphatic rings. The molecule has 1 rings (SSSR count). The average molecular weight is 197 g/mol. The molecule has 1 aromatic rings. The molecule has 0 aliphatic carbocycles. The molecule has 0 aliphatic heterocycles. The Morgan fingerprint density at radius 1 is 1.62 bits per heavy atom. The van der Waals surface area contributed by atoms with Crippen LogP contribution in [-0.4, -0.2) is 21.9 Å². The third kappa shape index (κ3) is 4.29. The number of thioether (sulfide) groups is 1. The molecule has 0 aromatic carbocycles. The number of nitrogens with zero attached hydrogens (tertiary/aromatic N) is 1. The first-order valence-electron chi connectivity index (χ1n) is 4.44. The van der Waals surface area contributed by atoms with Crippen LogP contribution in [0.5, 0.6) is 0 Å². The second-order valence-corrected chi connectivity index (χ2v) is 4.42. The Labute approximate surface area is 83.4 Å². The largest absolute Gasteiger partial charge is 0.396 e. The van der Waals surface area contributed by atoms with Gasteiger partial charge in [-0.15, -0.1) is 0 Å². The number of hydrogen-bond acceptors (Lipinski definition) is 3. The highest BCUT2D eigenvalue weighted by Gasteiger charge is 2.01. The normalized spacial score (nSPS) is 12.8. The Morgan fingerprint density at radius 2 is 2.46 bits per heavy atom. The van der Waals surface area contributed by atoms with Crippen LogP contribution in [0.25, 0.3) is 0 Å². The van der Waals surface area contributed by atoms with Crippen molar-refractivity contribution in [3.63, 3.8) is 0 Å². The molecular weight excluding hydrogens is 182 g/mol. The van der Waals surface area contributed by atoms with Gasteiger partial charge in [-0.1, -0.05) is 13.0 Å². The van der Waals surface area contributed by atoms with E-state index in [1.165, 1.54) is 5.56 Å². The van der Waals surface area contributed by atoms with E-state index in [1.807, 2.05) is 24.0 Å². The molecule has 1 unspecified atom stereocenters. The van der Waals surface area contributed by atoms with E-state index in [0.29, 0.717) is 5.25 Å². The predicted molar refractivity (Wildman–Crippen MR) is 56.7 cm³/mol. The highest BCUT2D eigenvalue weighted by molar-refractivity contribution is 7.99. The monoisotopic (exact) mass is 197 g/mol. The van der Waals surface area contributed by atoms with Crippen LogP contribution >= 0.6 is 11.8 Å². The third-order valence-corrected chi connectivity index (χ3v) is 3.10. The van der Waals surface area contributed by atoms with E-state index in [0.717, 1.165) is 12.2 Å². The van der Waals surface area contributed by atoms with Gasteiger partial charge in [0.1, 0.15) is 0 Å². The summed E-state index contributed by atoms with van der Waals surface area (Å²) in [6.07, 6.45) is 4.54. The molecule has 0 saturated heterocycles. The minimum atomic E-state index is 0.279. The van der Waals surface area contributed by atoms with Crippen LogP contribution in [0.3, 0.4) is 0 Å². The maximum atomic E-state index is 8.71. The maximum absolute atomic E-state index is 8.71. The standard InChI is InChI=1S/C10H15NOS/c1-9(4-6-12)13-8-10-3-2-5-11-7-10/h2-3,5,7,9,12H,4,6,8H2,1H3. The van der Waals surface area contributed by atoms with Crippen molar-refractivity contribution >= 4 is 11.8 Å². The molecule has 1 aromatic heterocycles. The zero-order valence-corrected chi connectivity index (χ0v) is 8.63. The van der Waals surface area contributed by atoms with Crippen molar-refractivity contribution in [2.45, 2.75) is 24.3 Å². The lowest BCUT2D eigenvalue weighted by Gasteiger charge is -2.08. The minimum Gasteiger partial charge on any atom is -0.396 e. The summed E-state index contributed by atoms with van der Waals surface area (Å²) in [5, 5.41) is 9.23. The lowest BCUT2D eigenvalue weighted by Crippen LogP contribution is -1.99.